The van der Waals surface area contributed by atoms with Crippen LogP contribution in [0.2, 0.25) is 0 Å². The second-order valence-corrected chi connectivity index (χ2v) is 17.2. The van der Waals surface area contributed by atoms with Gasteiger partial charge in [-0.1, -0.05) is 41.1 Å². The lowest BCUT2D eigenvalue weighted by Crippen LogP contribution is -2.58. The number of aliphatic hydroxyl groups is 1. The van der Waals surface area contributed by atoms with Crippen LogP contribution in [-0.2, 0) is 15.0 Å². The Bertz CT molecular complexity index is 1880. The maximum Gasteiger partial charge on any atom is 0.251 e. The number of aliphatic hydroxyl groups excluding tert-OH is 1. The fourth-order valence-electron chi connectivity index (χ4n) is 9.14. The van der Waals surface area contributed by atoms with Gasteiger partial charge in [-0.05, 0) is 102 Å². The van der Waals surface area contributed by atoms with E-state index < -0.39 is 29.0 Å². The van der Waals surface area contributed by atoms with E-state index in [0.717, 1.165) is 60.2 Å². The molecule has 1 aliphatic carbocycles. The molecule has 0 radical (unpaired) electrons. The highest BCUT2D eigenvalue weighted by Crippen LogP contribution is 2.52. The van der Waals surface area contributed by atoms with Gasteiger partial charge in [-0.15, -0.1) is 0 Å². The molecule has 3 atom stereocenters. The maximum atomic E-state index is 14.9. The van der Waals surface area contributed by atoms with Crippen LogP contribution in [0.25, 0.3) is 0 Å². The van der Waals surface area contributed by atoms with Gasteiger partial charge >= 0.3 is 0 Å². The number of nitrogens with zero attached hydrogens (tertiary/aromatic N) is 7. The Kier molecular flexibility index (Phi) is 9.16. The van der Waals surface area contributed by atoms with Gasteiger partial charge in [0.05, 0.1) is 32.9 Å². The van der Waals surface area contributed by atoms with Gasteiger partial charge in [0.25, 0.3) is 5.91 Å². The molecule has 1 aromatic heterocycles. The van der Waals surface area contributed by atoms with Crippen LogP contribution >= 0.6 is 22.6 Å². The summed E-state index contributed by atoms with van der Waals surface area (Å²) in [7, 11) is 0. The minimum atomic E-state index is -1.08. The molecule has 14 heteroatoms. The number of amides is 2. The lowest BCUT2D eigenvalue weighted by Gasteiger charge is -2.48. The number of hydrogen-bond acceptors (Lipinski definition) is 9. The average molecular weight is 827 g/mol. The van der Waals surface area contributed by atoms with Gasteiger partial charge in [-0.2, -0.15) is 13.8 Å². The van der Waals surface area contributed by atoms with Crippen molar-refractivity contribution in [2.45, 2.75) is 105 Å². The second-order valence-electron chi connectivity index (χ2n) is 15.4. The van der Waals surface area contributed by atoms with E-state index in [1.165, 1.54) is 32.3 Å². The maximum absolute atomic E-state index is 14.9. The van der Waals surface area contributed by atoms with Crippen LogP contribution in [0.5, 0.6) is 0 Å². The Morgan fingerprint density at radius 2 is 1.77 bits per heavy atom. The third-order valence-corrected chi connectivity index (χ3v) is 12.7. The van der Waals surface area contributed by atoms with Gasteiger partial charge in [0.15, 0.2) is 5.82 Å². The number of piperidine rings is 2. The van der Waals surface area contributed by atoms with Crippen LogP contribution in [0.3, 0.4) is 0 Å². The number of hydrogen-bond donors (Lipinski definition) is 2. The number of alkyl halides is 1. The Labute approximate surface area is 316 Å². The van der Waals surface area contributed by atoms with Crippen LogP contribution in [0, 0.1) is 11.9 Å². The quantitative estimate of drug-likeness (QED) is 0.168. The average Bonchev–Trinajstić information content (AvgIpc) is 3.58. The minimum absolute atomic E-state index is 0.00513. The zero-order valence-corrected chi connectivity index (χ0v) is 31.9. The molecule has 5 aliphatic heterocycles. The molecular weight excluding hydrogens is 781 g/mol. The predicted molar refractivity (Wildman–Crippen MR) is 204 cm³/mol. The number of halogens is 3. The third kappa shape index (κ3) is 5.92. The third-order valence-electron chi connectivity index (χ3n) is 12.1. The molecule has 1 aromatic carbocycles. The molecule has 52 heavy (non-hydrogen) atoms. The Hall–Kier alpha value is -3.50. The minimum Gasteiger partial charge on any atom is -0.384 e. The van der Waals surface area contributed by atoms with Gasteiger partial charge < -0.3 is 30.0 Å². The van der Waals surface area contributed by atoms with Gasteiger partial charge in [0, 0.05) is 37.3 Å². The van der Waals surface area contributed by atoms with Crippen molar-refractivity contribution in [2.24, 2.45) is 9.98 Å². The summed E-state index contributed by atoms with van der Waals surface area (Å²) in [6, 6.07) is 9.14. The van der Waals surface area contributed by atoms with E-state index in [2.05, 4.69) is 49.9 Å². The number of anilines is 2. The number of aromatic nitrogens is 1. The molecule has 0 bridgehead atoms. The molecule has 6 heterocycles. The molecule has 2 amide bonds. The van der Waals surface area contributed by atoms with Crippen LogP contribution in [-0.4, -0.2) is 103 Å². The van der Waals surface area contributed by atoms with Crippen LogP contribution < -0.4 is 10.2 Å². The van der Waals surface area contributed by atoms with Crippen molar-refractivity contribution in [3.05, 3.63) is 64.9 Å². The standard InChI is InChI=1S/C38H45F2IN8O3/c1-22(50)35(51)47-15-11-38(12-16-47)27-8-7-24(17-30(27)49(36(38)52)26-18-25(19-26)46-13-5-4-6-14-46)29-20-37(3)32(48(21-42-37)23(2)41)34(44-29)43-28-9-10-31(39)45-33(28)40/h7-10,17,21-23,25-26,43,50H,4-6,11-16,18-20H2,1-3H3. The molecule has 276 valence electrons. The zero-order valence-electron chi connectivity index (χ0n) is 29.8. The normalized spacial score (nSPS) is 28.1. The highest BCUT2D eigenvalue weighted by Gasteiger charge is 2.56. The van der Waals surface area contributed by atoms with Crippen LogP contribution in [0.15, 0.2) is 51.8 Å². The lowest BCUT2D eigenvalue weighted by atomic mass is 9.73. The number of nitrogens with one attached hydrogen (secondary N) is 1. The number of pyridine rings is 1. The van der Waals surface area contributed by atoms with Crippen molar-refractivity contribution < 1.29 is 23.5 Å². The first-order chi connectivity index (χ1) is 24.9. The smallest absolute Gasteiger partial charge is 0.251 e. The summed E-state index contributed by atoms with van der Waals surface area (Å²) in [5, 5.41) is 13.1. The topological polar surface area (TPSA) is 117 Å². The van der Waals surface area contributed by atoms with E-state index in [4.69, 9.17) is 9.98 Å². The summed E-state index contributed by atoms with van der Waals surface area (Å²) in [5.41, 5.74) is 2.78. The molecular formula is C38H45F2IN8O3. The van der Waals surface area contributed by atoms with Crippen molar-refractivity contribution in [3.63, 3.8) is 0 Å². The molecule has 2 N–H and O–H groups in total. The molecule has 6 aliphatic rings. The lowest BCUT2D eigenvalue weighted by molar-refractivity contribution is -0.142. The van der Waals surface area contributed by atoms with Crippen LogP contribution in [0.1, 0.15) is 83.3 Å². The summed E-state index contributed by atoms with van der Waals surface area (Å²) >= 11 is 2.30. The van der Waals surface area contributed by atoms with E-state index in [1.54, 1.807) is 11.2 Å². The largest absolute Gasteiger partial charge is 0.384 e. The number of carbonyl (C=O) groups excluding carboxylic acids is 2. The monoisotopic (exact) mass is 826 g/mol. The highest BCUT2D eigenvalue weighted by molar-refractivity contribution is 14.1. The molecule has 3 unspecified atom stereocenters. The zero-order chi connectivity index (χ0) is 36.5. The summed E-state index contributed by atoms with van der Waals surface area (Å²) in [5.74, 6) is -1.68. The van der Waals surface area contributed by atoms with Crippen molar-refractivity contribution >= 4 is 57.8 Å². The summed E-state index contributed by atoms with van der Waals surface area (Å²) < 4.78 is 28.7. The Morgan fingerprint density at radius 1 is 1.04 bits per heavy atom. The molecule has 1 saturated carbocycles. The summed E-state index contributed by atoms with van der Waals surface area (Å²) in [4.78, 5) is 49.2. The van der Waals surface area contributed by atoms with E-state index in [-0.39, 0.29) is 27.6 Å². The molecule has 1 spiro atoms. The first kappa shape index (κ1) is 35.5. The Morgan fingerprint density at radius 3 is 2.44 bits per heavy atom. The van der Waals surface area contributed by atoms with E-state index >= 15 is 0 Å². The predicted octanol–water partition coefficient (Wildman–Crippen LogP) is 5.32. The fourth-order valence-corrected chi connectivity index (χ4v) is 9.57. The fraction of sp³-hybridized carbons (Fsp3) is 0.553. The van der Waals surface area contributed by atoms with E-state index in [1.807, 2.05) is 29.7 Å². The molecule has 3 fully saturated rings. The van der Waals surface area contributed by atoms with E-state index in [0.29, 0.717) is 44.2 Å². The van der Waals surface area contributed by atoms with Gasteiger partial charge in [0.2, 0.25) is 17.8 Å². The number of rotatable bonds is 7. The molecule has 2 aromatic rings. The number of fused-ring (bicyclic) bond motifs is 3. The van der Waals surface area contributed by atoms with Gasteiger partial charge in [-0.25, -0.2) is 4.99 Å². The Balaban J connectivity index is 1.17. The van der Waals surface area contributed by atoms with Crippen LogP contribution in [0.4, 0.5) is 20.2 Å². The number of aliphatic imine (C=N–C) groups is 2. The van der Waals surface area contributed by atoms with Crippen molar-refractivity contribution in [1.29, 1.82) is 0 Å². The second kappa shape index (κ2) is 13.4. The SMILES string of the molecule is CC(O)C(=O)N1CCC2(CC1)C(=O)N(C1CC(N3CCCCC3)C1)c1cc(C3=NC(Nc4ccc(F)nc4F)=C4N(C(C)I)C=NC4(C)C3)ccc12. The first-order valence-corrected chi connectivity index (χ1v) is 19.7. The highest BCUT2D eigenvalue weighted by atomic mass is 127. The molecule has 11 nitrogen and oxygen atoms in total. The number of carbonyl (C=O) groups is 2. The summed E-state index contributed by atoms with van der Waals surface area (Å²) in [6.07, 6.45) is 7.73. The molecule has 8 rings (SSSR count). The summed E-state index contributed by atoms with van der Waals surface area (Å²) in [6.45, 7) is 8.58. The number of likely N-dealkylation sites (tertiary alicyclic amines) is 2. The van der Waals surface area contributed by atoms with Gasteiger partial charge in [0.1, 0.15) is 11.6 Å². The van der Waals surface area contributed by atoms with E-state index in [9.17, 15) is 23.5 Å². The van der Waals surface area contributed by atoms with Gasteiger partial charge in [-0.3, -0.25) is 14.6 Å². The first-order valence-electron chi connectivity index (χ1n) is 18.5. The number of benzene rings is 1. The van der Waals surface area contributed by atoms with Crippen molar-refractivity contribution in [2.75, 3.05) is 36.4 Å². The van der Waals surface area contributed by atoms with Crippen molar-refractivity contribution in [3.8, 4) is 0 Å². The van der Waals surface area contributed by atoms with Crippen molar-refractivity contribution in [1.82, 2.24) is 19.7 Å². The molecule has 2 saturated heterocycles.